The van der Waals surface area contributed by atoms with E-state index in [4.69, 9.17) is 16.3 Å². The molecule has 1 aromatic rings. The summed E-state index contributed by atoms with van der Waals surface area (Å²) >= 11 is 5.86. The van der Waals surface area contributed by atoms with Crippen LogP contribution < -0.4 is 4.90 Å². The van der Waals surface area contributed by atoms with Gasteiger partial charge in [-0.2, -0.15) is 0 Å². The van der Waals surface area contributed by atoms with Crippen molar-refractivity contribution < 1.29 is 4.74 Å². The second-order valence-corrected chi connectivity index (χ2v) is 4.27. The summed E-state index contributed by atoms with van der Waals surface area (Å²) in [5.74, 6) is 0. The number of nitrogens with zero attached hydrogens (tertiary/aromatic N) is 2. The van der Waals surface area contributed by atoms with Crippen molar-refractivity contribution in [3.63, 3.8) is 0 Å². The van der Waals surface area contributed by atoms with Gasteiger partial charge < -0.3 is 9.64 Å². The number of anilines is 1. The van der Waals surface area contributed by atoms with E-state index in [1.807, 2.05) is 12.1 Å². The minimum absolute atomic E-state index is 0.280. The summed E-state index contributed by atoms with van der Waals surface area (Å²) in [6.45, 7) is 2.95. The third-order valence-electron chi connectivity index (χ3n) is 2.95. The van der Waals surface area contributed by atoms with Crippen LogP contribution in [0.3, 0.4) is 0 Å². The minimum Gasteiger partial charge on any atom is -0.376 e. The molecule has 0 aromatic carbocycles. The molecule has 4 heteroatoms. The lowest BCUT2D eigenvalue weighted by atomic mass is 10.1. The van der Waals surface area contributed by atoms with Gasteiger partial charge in [-0.1, -0.05) is 11.6 Å². The zero-order chi connectivity index (χ0) is 10.8. The zero-order valence-corrected chi connectivity index (χ0v) is 9.74. The first-order valence-corrected chi connectivity index (χ1v) is 5.52. The molecule has 15 heavy (non-hydrogen) atoms. The number of aromatic nitrogens is 1. The van der Waals surface area contributed by atoms with Gasteiger partial charge in [0, 0.05) is 25.5 Å². The van der Waals surface area contributed by atoms with Crippen molar-refractivity contribution in [1.82, 2.24) is 4.98 Å². The predicted molar refractivity (Wildman–Crippen MR) is 61.5 cm³/mol. The lowest BCUT2D eigenvalue weighted by Gasteiger charge is -2.28. The Kier molecular flexibility index (Phi) is 3.12. The third-order valence-corrected chi connectivity index (χ3v) is 3.16. The second kappa shape index (κ2) is 4.37. The van der Waals surface area contributed by atoms with Gasteiger partial charge in [0.15, 0.2) is 0 Å². The molecule has 1 fully saturated rings. The molecular formula is C11H15ClN2O. The summed E-state index contributed by atoms with van der Waals surface area (Å²) < 4.78 is 5.55. The summed E-state index contributed by atoms with van der Waals surface area (Å²) in [7, 11) is 2.07. The summed E-state index contributed by atoms with van der Waals surface area (Å²) in [5, 5.41) is 0.533. The van der Waals surface area contributed by atoms with Crippen molar-refractivity contribution in [3.05, 3.63) is 23.5 Å². The second-order valence-electron chi connectivity index (χ2n) is 3.88. The number of hydrogen-bond acceptors (Lipinski definition) is 3. The van der Waals surface area contributed by atoms with Crippen LogP contribution in [-0.2, 0) is 4.74 Å². The highest BCUT2D eigenvalue weighted by molar-refractivity contribution is 6.29. The molecule has 1 saturated heterocycles. The Morgan fingerprint density at radius 1 is 1.60 bits per heavy atom. The van der Waals surface area contributed by atoms with Gasteiger partial charge in [-0.15, -0.1) is 0 Å². The third kappa shape index (κ3) is 2.24. The molecule has 0 spiro atoms. The van der Waals surface area contributed by atoms with Crippen LogP contribution >= 0.6 is 11.6 Å². The van der Waals surface area contributed by atoms with Gasteiger partial charge in [0.1, 0.15) is 5.15 Å². The summed E-state index contributed by atoms with van der Waals surface area (Å²) in [4.78, 5) is 6.19. The molecule has 2 heterocycles. The lowest BCUT2D eigenvalue weighted by Crippen LogP contribution is -2.36. The molecule has 82 valence electrons. The van der Waals surface area contributed by atoms with Gasteiger partial charge in [-0.05, 0) is 25.5 Å². The molecule has 0 radical (unpaired) electrons. The average Bonchev–Trinajstić information content (AvgIpc) is 2.63. The fraction of sp³-hybridized carbons (Fsp3) is 0.545. The Balaban J connectivity index is 2.16. The van der Waals surface area contributed by atoms with Crippen LogP contribution in [0.15, 0.2) is 18.3 Å². The summed E-state index contributed by atoms with van der Waals surface area (Å²) in [6.07, 6.45) is 3.08. The highest BCUT2D eigenvalue weighted by atomic mass is 35.5. The predicted octanol–water partition coefficient (Wildman–Crippen LogP) is 2.35. The molecule has 0 saturated carbocycles. The monoisotopic (exact) mass is 226 g/mol. The molecule has 3 nitrogen and oxygen atoms in total. The maximum absolute atomic E-state index is 5.86. The number of ether oxygens (including phenoxy) is 1. The van der Waals surface area contributed by atoms with Gasteiger partial charge in [-0.25, -0.2) is 4.98 Å². The van der Waals surface area contributed by atoms with Gasteiger partial charge >= 0.3 is 0 Å². The summed E-state index contributed by atoms with van der Waals surface area (Å²) in [5.41, 5.74) is 1.09. The van der Waals surface area contributed by atoms with E-state index >= 15 is 0 Å². The van der Waals surface area contributed by atoms with E-state index in [9.17, 15) is 0 Å². The molecule has 2 unspecified atom stereocenters. The van der Waals surface area contributed by atoms with Crippen LogP contribution in [0.25, 0.3) is 0 Å². The van der Waals surface area contributed by atoms with Crippen LogP contribution in [0, 0.1) is 0 Å². The van der Waals surface area contributed by atoms with Crippen molar-refractivity contribution in [1.29, 1.82) is 0 Å². The smallest absolute Gasteiger partial charge is 0.131 e. The minimum atomic E-state index is 0.280. The molecule has 1 aromatic heterocycles. The first-order valence-electron chi connectivity index (χ1n) is 5.14. The first kappa shape index (κ1) is 10.7. The van der Waals surface area contributed by atoms with Crippen LogP contribution in [0.1, 0.15) is 13.3 Å². The van der Waals surface area contributed by atoms with Crippen molar-refractivity contribution in [2.24, 2.45) is 0 Å². The fourth-order valence-corrected chi connectivity index (χ4v) is 2.20. The van der Waals surface area contributed by atoms with Crippen LogP contribution in [0.2, 0.25) is 5.15 Å². The van der Waals surface area contributed by atoms with Crippen LogP contribution in [0.5, 0.6) is 0 Å². The molecule has 0 amide bonds. The lowest BCUT2D eigenvalue weighted by molar-refractivity contribution is 0.118. The standard InChI is InChI=1S/C11H15ClN2O/c1-8-10(4-6-15-8)14(2)9-3-5-13-11(12)7-9/h3,5,7-8,10H,4,6H2,1-2H3. The van der Waals surface area contributed by atoms with Crippen molar-refractivity contribution in [3.8, 4) is 0 Å². The van der Waals surface area contributed by atoms with E-state index < -0.39 is 0 Å². The zero-order valence-electron chi connectivity index (χ0n) is 8.98. The van der Waals surface area contributed by atoms with Gasteiger partial charge in [-0.3, -0.25) is 0 Å². The van der Waals surface area contributed by atoms with Crippen molar-refractivity contribution >= 4 is 17.3 Å². The number of rotatable bonds is 2. The maximum atomic E-state index is 5.86. The number of hydrogen-bond donors (Lipinski definition) is 0. The molecule has 0 N–H and O–H groups in total. The molecule has 1 aliphatic heterocycles. The first-order chi connectivity index (χ1) is 7.18. The Labute approximate surface area is 95.0 Å². The fourth-order valence-electron chi connectivity index (χ4n) is 2.03. The molecule has 1 aliphatic rings. The molecule has 2 atom stereocenters. The molecular weight excluding hydrogens is 212 g/mol. The quantitative estimate of drug-likeness (QED) is 0.724. The number of pyridine rings is 1. The Hall–Kier alpha value is -0.800. The van der Waals surface area contributed by atoms with Gasteiger partial charge in [0.05, 0.1) is 12.1 Å². The van der Waals surface area contributed by atoms with Crippen LogP contribution in [-0.4, -0.2) is 30.8 Å². The summed E-state index contributed by atoms with van der Waals surface area (Å²) in [6, 6.07) is 4.28. The van der Waals surface area contributed by atoms with E-state index in [2.05, 4.69) is 23.9 Å². The van der Waals surface area contributed by atoms with E-state index in [1.165, 1.54) is 0 Å². The Bertz CT molecular complexity index is 345. The topological polar surface area (TPSA) is 25.4 Å². The van der Waals surface area contributed by atoms with Crippen LogP contribution in [0.4, 0.5) is 5.69 Å². The largest absolute Gasteiger partial charge is 0.376 e. The van der Waals surface area contributed by atoms with Crippen molar-refractivity contribution in [2.45, 2.75) is 25.5 Å². The number of halogens is 1. The normalized spacial score (nSPS) is 25.5. The maximum Gasteiger partial charge on any atom is 0.131 e. The van der Waals surface area contributed by atoms with Gasteiger partial charge in [0.25, 0.3) is 0 Å². The van der Waals surface area contributed by atoms with E-state index in [0.29, 0.717) is 11.2 Å². The Morgan fingerprint density at radius 2 is 2.40 bits per heavy atom. The number of likely N-dealkylation sites (N-methyl/N-ethyl adjacent to an activating group) is 1. The Morgan fingerprint density at radius 3 is 3.00 bits per heavy atom. The van der Waals surface area contributed by atoms with E-state index in [0.717, 1.165) is 18.7 Å². The highest BCUT2D eigenvalue weighted by Crippen LogP contribution is 2.25. The van der Waals surface area contributed by atoms with E-state index in [1.54, 1.807) is 6.20 Å². The van der Waals surface area contributed by atoms with Gasteiger partial charge in [0.2, 0.25) is 0 Å². The van der Waals surface area contributed by atoms with Crippen molar-refractivity contribution in [2.75, 3.05) is 18.6 Å². The SMILES string of the molecule is CC1OCCC1N(C)c1ccnc(Cl)c1. The molecule has 0 bridgehead atoms. The van der Waals surface area contributed by atoms with E-state index in [-0.39, 0.29) is 6.10 Å². The molecule has 0 aliphatic carbocycles. The highest BCUT2D eigenvalue weighted by Gasteiger charge is 2.28. The molecule has 2 rings (SSSR count). The average molecular weight is 227 g/mol.